The smallest absolute Gasteiger partial charge is 0.287 e. The van der Waals surface area contributed by atoms with E-state index in [9.17, 15) is 13.6 Å². The highest BCUT2D eigenvalue weighted by molar-refractivity contribution is 5.95. The average molecular weight is 431 g/mol. The number of piperidine rings is 1. The van der Waals surface area contributed by atoms with Gasteiger partial charge >= 0.3 is 0 Å². The van der Waals surface area contributed by atoms with Crippen molar-refractivity contribution in [3.63, 3.8) is 0 Å². The number of nitrogens with one attached hydrogen (secondary N) is 1. The number of hydrogen-bond acceptors (Lipinski definition) is 7. The molecule has 4 heterocycles. The maximum atomic E-state index is 13.9. The van der Waals surface area contributed by atoms with Crippen molar-refractivity contribution in [1.29, 1.82) is 0 Å². The first-order chi connectivity index (χ1) is 14.8. The molecule has 31 heavy (non-hydrogen) atoms. The van der Waals surface area contributed by atoms with E-state index < -0.39 is 11.6 Å². The molecule has 1 unspecified atom stereocenters. The number of anilines is 2. The molecule has 1 saturated heterocycles. The van der Waals surface area contributed by atoms with Gasteiger partial charge in [-0.1, -0.05) is 0 Å². The molecule has 0 radical (unpaired) electrons. The number of ether oxygens (including phenoxy) is 1. The lowest BCUT2D eigenvalue weighted by Gasteiger charge is -2.32. The summed E-state index contributed by atoms with van der Waals surface area (Å²) >= 11 is 0. The average Bonchev–Trinajstić information content (AvgIpc) is 3.12. The Hall–Kier alpha value is -3.21. The van der Waals surface area contributed by atoms with Crippen LogP contribution >= 0.6 is 0 Å². The van der Waals surface area contributed by atoms with Crippen molar-refractivity contribution in [1.82, 2.24) is 24.7 Å². The fraction of sp³-hybridized carbons (Fsp3) is 0.450. The topological polar surface area (TPSA) is 98.1 Å². The Morgan fingerprint density at radius 2 is 2.16 bits per heavy atom. The van der Waals surface area contributed by atoms with Crippen molar-refractivity contribution in [2.75, 3.05) is 30.4 Å². The van der Waals surface area contributed by atoms with E-state index in [1.54, 1.807) is 19.4 Å². The van der Waals surface area contributed by atoms with E-state index in [2.05, 4.69) is 30.3 Å². The van der Waals surface area contributed by atoms with Gasteiger partial charge in [-0.05, 0) is 18.9 Å². The Morgan fingerprint density at radius 3 is 2.87 bits per heavy atom. The monoisotopic (exact) mass is 431 g/mol. The highest BCUT2D eigenvalue weighted by Gasteiger charge is 2.28. The number of carbonyl (C=O) groups is 1. The van der Waals surface area contributed by atoms with E-state index in [-0.39, 0.29) is 18.0 Å². The second kappa shape index (κ2) is 8.14. The summed E-state index contributed by atoms with van der Waals surface area (Å²) in [6, 6.07) is 2.80. The van der Waals surface area contributed by atoms with Crippen molar-refractivity contribution in [2.45, 2.75) is 38.7 Å². The molecule has 1 atom stereocenters. The molecule has 1 aliphatic heterocycles. The normalized spacial score (nSPS) is 17.2. The summed E-state index contributed by atoms with van der Waals surface area (Å²) in [6.07, 6.45) is 4.83. The van der Waals surface area contributed by atoms with Crippen molar-refractivity contribution in [2.24, 2.45) is 0 Å². The van der Waals surface area contributed by atoms with E-state index in [0.29, 0.717) is 29.1 Å². The van der Waals surface area contributed by atoms with E-state index in [0.717, 1.165) is 26.3 Å². The molecule has 164 valence electrons. The number of fused-ring (bicyclic) bond motifs is 1. The van der Waals surface area contributed by atoms with Crippen LogP contribution in [0.15, 0.2) is 24.5 Å². The molecule has 0 saturated carbocycles. The van der Waals surface area contributed by atoms with Gasteiger partial charge in [0.05, 0.1) is 17.0 Å². The summed E-state index contributed by atoms with van der Waals surface area (Å²) < 4.78 is 34.6. The van der Waals surface area contributed by atoms with Gasteiger partial charge < -0.3 is 15.0 Å². The first-order valence-corrected chi connectivity index (χ1v) is 9.92. The minimum Gasteiger partial charge on any atom is -0.380 e. The van der Waals surface area contributed by atoms with E-state index in [4.69, 9.17) is 4.74 Å². The number of halogens is 2. The number of methoxy groups -OCH3 is 1. The summed E-state index contributed by atoms with van der Waals surface area (Å²) in [5.41, 5.74) is 0.140. The molecule has 3 aromatic heterocycles. The number of alkyl halides is 2. The van der Waals surface area contributed by atoms with Crippen LogP contribution in [0.5, 0.6) is 0 Å². The summed E-state index contributed by atoms with van der Waals surface area (Å²) in [5.74, 6) is -2.43. The molecule has 11 heteroatoms. The van der Waals surface area contributed by atoms with Crippen LogP contribution in [-0.4, -0.2) is 56.9 Å². The molecule has 0 aliphatic carbocycles. The van der Waals surface area contributed by atoms with Crippen LogP contribution in [-0.2, 0) is 15.5 Å². The first-order valence-electron chi connectivity index (χ1n) is 9.92. The number of amides is 1. The highest BCUT2D eigenvalue weighted by atomic mass is 19.3. The summed E-state index contributed by atoms with van der Waals surface area (Å²) in [6.45, 7) is 3.57. The lowest BCUT2D eigenvalue weighted by atomic mass is 10.1. The van der Waals surface area contributed by atoms with E-state index in [1.807, 2.05) is 0 Å². The molecule has 0 spiro atoms. The Kier molecular flexibility index (Phi) is 5.52. The van der Waals surface area contributed by atoms with Crippen molar-refractivity contribution >= 4 is 28.4 Å². The van der Waals surface area contributed by atoms with Gasteiger partial charge in [0.2, 0.25) is 5.91 Å². The summed E-state index contributed by atoms with van der Waals surface area (Å²) in [5, 5.41) is 7.99. The Morgan fingerprint density at radius 1 is 1.35 bits per heavy atom. The van der Waals surface area contributed by atoms with Gasteiger partial charge in [-0.25, -0.2) is 15.0 Å². The number of carbonyl (C=O) groups excluding carboxylic acids is 1. The molecule has 3 aromatic rings. The summed E-state index contributed by atoms with van der Waals surface area (Å²) in [4.78, 5) is 26.0. The van der Waals surface area contributed by atoms with Gasteiger partial charge in [0, 0.05) is 52.5 Å². The lowest BCUT2D eigenvalue weighted by molar-refractivity contribution is -0.114. The minimum absolute atomic E-state index is 0.00977. The molecule has 1 aliphatic rings. The van der Waals surface area contributed by atoms with Gasteiger partial charge in [-0.3, -0.25) is 4.79 Å². The van der Waals surface area contributed by atoms with Crippen LogP contribution in [0.3, 0.4) is 0 Å². The van der Waals surface area contributed by atoms with Crippen LogP contribution in [0.4, 0.5) is 20.4 Å². The van der Waals surface area contributed by atoms with Gasteiger partial charge in [0.15, 0.2) is 5.82 Å². The SMILES string of the molecule is COC1CCCN(c2nn(-c3nccc(C(C)(F)F)n3)c3cc(NC(C)=O)ncc23)C1. The Labute approximate surface area is 177 Å². The first kappa shape index (κ1) is 21.0. The number of hydrogen-bond donors (Lipinski definition) is 1. The van der Waals surface area contributed by atoms with E-state index in [1.165, 1.54) is 23.9 Å². The maximum absolute atomic E-state index is 13.9. The molecular weight excluding hydrogens is 408 g/mol. The molecular formula is C20H23F2N7O2. The summed E-state index contributed by atoms with van der Waals surface area (Å²) in [7, 11) is 1.68. The molecule has 9 nitrogen and oxygen atoms in total. The quantitative estimate of drug-likeness (QED) is 0.663. The third-order valence-electron chi connectivity index (χ3n) is 5.14. The zero-order valence-electron chi connectivity index (χ0n) is 17.5. The van der Waals surface area contributed by atoms with Crippen LogP contribution < -0.4 is 10.2 Å². The maximum Gasteiger partial charge on any atom is 0.287 e. The van der Waals surface area contributed by atoms with Crippen LogP contribution in [0.1, 0.15) is 32.4 Å². The standard InChI is InChI=1S/C20H23F2N7O2/c1-12(30)25-17-9-15-14(10-24-17)18(28-8-4-5-13(11-28)31-3)27-29(15)19-23-7-6-16(26-19)20(2,21)22/h6-7,9-10,13H,4-5,8,11H2,1-3H3,(H,24,25,30). The second-order valence-corrected chi connectivity index (χ2v) is 7.58. The zero-order valence-corrected chi connectivity index (χ0v) is 17.5. The minimum atomic E-state index is -3.12. The molecule has 1 N–H and O–H groups in total. The molecule has 1 fully saturated rings. The van der Waals surface area contributed by atoms with Crippen molar-refractivity contribution < 1.29 is 18.3 Å². The van der Waals surface area contributed by atoms with Gasteiger partial charge in [-0.2, -0.15) is 13.5 Å². The zero-order chi connectivity index (χ0) is 22.2. The second-order valence-electron chi connectivity index (χ2n) is 7.58. The largest absolute Gasteiger partial charge is 0.380 e. The number of aromatic nitrogens is 5. The predicted molar refractivity (Wildman–Crippen MR) is 111 cm³/mol. The molecule has 0 bridgehead atoms. The van der Waals surface area contributed by atoms with Gasteiger partial charge in [-0.15, -0.1) is 5.10 Å². The number of pyridine rings is 1. The molecule has 0 aromatic carbocycles. The van der Waals surface area contributed by atoms with Gasteiger partial charge in [0.25, 0.3) is 11.9 Å². The number of nitrogens with zero attached hydrogens (tertiary/aromatic N) is 6. The van der Waals surface area contributed by atoms with Crippen molar-refractivity contribution in [3.8, 4) is 5.95 Å². The lowest BCUT2D eigenvalue weighted by Crippen LogP contribution is -2.39. The van der Waals surface area contributed by atoms with Crippen molar-refractivity contribution in [3.05, 3.63) is 30.2 Å². The fourth-order valence-electron chi connectivity index (χ4n) is 3.65. The Bertz CT molecular complexity index is 1110. The third-order valence-corrected chi connectivity index (χ3v) is 5.14. The molecule has 1 amide bonds. The Balaban J connectivity index is 1.86. The third kappa shape index (κ3) is 4.31. The number of rotatable bonds is 5. The van der Waals surface area contributed by atoms with Crippen LogP contribution in [0.25, 0.3) is 16.9 Å². The van der Waals surface area contributed by atoms with E-state index >= 15 is 0 Å². The molecule has 4 rings (SSSR count). The van der Waals surface area contributed by atoms with Gasteiger partial charge in [0.1, 0.15) is 11.5 Å². The predicted octanol–water partition coefficient (Wildman–Crippen LogP) is 2.90. The van der Waals surface area contributed by atoms with Crippen LogP contribution in [0, 0.1) is 0 Å². The van der Waals surface area contributed by atoms with Crippen LogP contribution in [0.2, 0.25) is 0 Å². The fourth-order valence-corrected chi connectivity index (χ4v) is 3.65. The highest BCUT2D eigenvalue weighted by Crippen LogP contribution is 2.32.